The molecule has 0 aromatic heterocycles. The second-order valence-electron chi connectivity index (χ2n) is 6.72. The van der Waals surface area contributed by atoms with Crippen molar-refractivity contribution in [2.24, 2.45) is 5.41 Å². The molecule has 0 aliphatic carbocycles. The van der Waals surface area contributed by atoms with Crippen molar-refractivity contribution in [3.8, 4) is 16.9 Å². The van der Waals surface area contributed by atoms with Crippen LogP contribution in [0.4, 0.5) is 13.2 Å². The van der Waals surface area contributed by atoms with E-state index in [1.165, 1.54) is 6.07 Å². The summed E-state index contributed by atoms with van der Waals surface area (Å²) < 4.78 is 44.2. The van der Waals surface area contributed by atoms with Crippen LogP contribution in [0.25, 0.3) is 11.1 Å². The Bertz CT molecular complexity index is 756. The number of rotatable bonds is 2. The maximum Gasteiger partial charge on any atom is 0.416 e. The minimum Gasteiger partial charge on any atom is -0.425 e. The minimum absolute atomic E-state index is 0.259. The summed E-state index contributed by atoms with van der Waals surface area (Å²) in [4.78, 5) is 12.2. The first kappa shape index (κ1) is 18.0. The van der Waals surface area contributed by atoms with E-state index in [1.54, 1.807) is 45.0 Å². The number of carbonyl (C=O) groups is 1. The van der Waals surface area contributed by atoms with Gasteiger partial charge in [0, 0.05) is 5.56 Å². The third-order valence-corrected chi connectivity index (χ3v) is 3.45. The van der Waals surface area contributed by atoms with E-state index in [-0.39, 0.29) is 5.75 Å². The molecule has 0 spiro atoms. The summed E-state index contributed by atoms with van der Waals surface area (Å²) in [6.45, 7) is 6.98. The number of hydrogen-bond acceptors (Lipinski definition) is 2. The Morgan fingerprint density at radius 3 is 2.25 bits per heavy atom. The molecule has 2 aromatic carbocycles. The second-order valence-corrected chi connectivity index (χ2v) is 6.72. The zero-order valence-electron chi connectivity index (χ0n) is 14.0. The fourth-order valence-electron chi connectivity index (χ4n) is 2.07. The van der Waals surface area contributed by atoms with Gasteiger partial charge in [-0.05, 0) is 57.0 Å². The Labute approximate surface area is 139 Å². The third kappa shape index (κ3) is 4.16. The van der Waals surface area contributed by atoms with Gasteiger partial charge >= 0.3 is 12.1 Å². The van der Waals surface area contributed by atoms with Crippen molar-refractivity contribution in [2.45, 2.75) is 33.9 Å². The summed E-state index contributed by atoms with van der Waals surface area (Å²) in [6, 6.07) is 10.1. The molecule has 0 amide bonds. The van der Waals surface area contributed by atoms with Gasteiger partial charge in [0.05, 0.1) is 11.0 Å². The van der Waals surface area contributed by atoms with E-state index in [4.69, 9.17) is 4.74 Å². The van der Waals surface area contributed by atoms with Gasteiger partial charge in [-0.25, -0.2) is 0 Å². The Balaban J connectivity index is 2.50. The molecule has 0 heterocycles. The second kappa shape index (κ2) is 6.30. The van der Waals surface area contributed by atoms with Crippen molar-refractivity contribution in [1.82, 2.24) is 0 Å². The molecule has 0 fully saturated rings. The minimum atomic E-state index is -4.43. The van der Waals surface area contributed by atoms with Crippen LogP contribution in [0.3, 0.4) is 0 Å². The molecule has 128 valence electrons. The predicted molar refractivity (Wildman–Crippen MR) is 86.7 cm³/mol. The Hall–Kier alpha value is -2.30. The topological polar surface area (TPSA) is 26.3 Å². The number of alkyl halides is 3. The van der Waals surface area contributed by atoms with Gasteiger partial charge in [0.2, 0.25) is 0 Å². The van der Waals surface area contributed by atoms with Crippen LogP contribution in [0.15, 0.2) is 42.5 Å². The molecule has 2 nitrogen and oxygen atoms in total. The first-order valence-corrected chi connectivity index (χ1v) is 7.49. The first-order chi connectivity index (χ1) is 11.0. The van der Waals surface area contributed by atoms with E-state index in [1.807, 2.05) is 6.92 Å². The zero-order chi connectivity index (χ0) is 18.1. The van der Waals surface area contributed by atoms with Gasteiger partial charge in [0.1, 0.15) is 5.75 Å². The average Bonchev–Trinajstić information content (AvgIpc) is 2.45. The van der Waals surface area contributed by atoms with E-state index in [0.29, 0.717) is 11.1 Å². The van der Waals surface area contributed by atoms with Crippen molar-refractivity contribution in [1.29, 1.82) is 0 Å². The highest BCUT2D eigenvalue weighted by molar-refractivity contribution is 5.81. The molecular weight excluding hydrogens is 317 g/mol. The first-order valence-electron chi connectivity index (χ1n) is 7.49. The number of aryl methyl sites for hydroxylation is 1. The van der Waals surface area contributed by atoms with Crippen LogP contribution >= 0.6 is 0 Å². The molecule has 0 radical (unpaired) electrons. The quantitative estimate of drug-likeness (QED) is 0.524. The Morgan fingerprint density at radius 1 is 1.00 bits per heavy atom. The van der Waals surface area contributed by atoms with Crippen molar-refractivity contribution in [2.75, 3.05) is 0 Å². The van der Waals surface area contributed by atoms with E-state index in [9.17, 15) is 18.0 Å². The highest BCUT2D eigenvalue weighted by atomic mass is 19.4. The van der Waals surface area contributed by atoms with Crippen molar-refractivity contribution < 1.29 is 22.7 Å². The average molecular weight is 336 g/mol. The fourth-order valence-corrected chi connectivity index (χ4v) is 2.07. The molecule has 2 rings (SSSR count). The van der Waals surface area contributed by atoms with Crippen molar-refractivity contribution in [3.05, 3.63) is 53.6 Å². The molecule has 0 unspecified atom stereocenters. The van der Waals surface area contributed by atoms with Gasteiger partial charge in [-0.15, -0.1) is 0 Å². The normalized spacial score (nSPS) is 12.1. The number of carbonyl (C=O) groups excluding carboxylic acids is 1. The number of halogens is 3. The lowest BCUT2D eigenvalue weighted by atomic mass is 9.97. The molecular formula is C19H19F3O2. The highest BCUT2D eigenvalue weighted by Gasteiger charge is 2.31. The third-order valence-electron chi connectivity index (χ3n) is 3.45. The maximum atomic E-state index is 12.9. The van der Waals surface area contributed by atoms with E-state index < -0.39 is 23.1 Å². The number of benzene rings is 2. The lowest BCUT2D eigenvalue weighted by Crippen LogP contribution is -2.25. The molecule has 0 aliphatic rings. The molecule has 5 heteroatoms. The number of ether oxygens (including phenoxy) is 1. The molecule has 0 N–H and O–H groups in total. The summed E-state index contributed by atoms with van der Waals surface area (Å²) in [5.74, 6) is -0.185. The van der Waals surface area contributed by atoms with Crippen LogP contribution in [0.1, 0.15) is 31.9 Å². The lowest BCUT2D eigenvalue weighted by Gasteiger charge is -2.19. The van der Waals surface area contributed by atoms with Crippen LogP contribution in [0, 0.1) is 12.3 Å². The van der Waals surface area contributed by atoms with Crippen molar-refractivity contribution >= 4 is 5.97 Å². The summed E-state index contributed by atoms with van der Waals surface area (Å²) >= 11 is 0. The van der Waals surface area contributed by atoms with E-state index in [0.717, 1.165) is 17.7 Å². The van der Waals surface area contributed by atoms with Crippen LogP contribution in [0.5, 0.6) is 5.75 Å². The number of hydrogen-bond donors (Lipinski definition) is 0. The summed E-state index contributed by atoms with van der Waals surface area (Å²) in [5.41, 5.74) is 0.191. The largest absolute Gasteiger partial charge is 0.425 e. The van der Waals surface area contributed by atoms with Crippen LogP contribution in [0.2, 0.25) is 0 Å². The molecule has 0 atom stereocenters. The van der Waals surface area contributed by atoms with Gasteiger partial charge in [-0.2, -0.15) is 13.2 Å². The fraction of sp³-hybridized carbons (Fsp3) is 0.316. The lowest BCUT2D eigenvalue weighted by molar-refractivity contribution is -0.143. The van der Waals surface area contributed by atoms with Gasteiger partial charge in [-0.1, -0.05) is 24.3 Å². The molecule has 0 saturated carbocycles. The van der Waals surface area contributed by atoms with Crippen LogP contribution in [-0.4, -0.2) is 5.97 Å². The van der Waals surface area contributed by atoms with E-state index >= 15 is 0 Å². The van der Waals surface area contributed by atoms with Gasteiger partial charge in [-0.3, -0.25) is 4.79 Å². The highest BCUT2D eigenvalue weighted by Crippen LogP contribution is 2.36. The molecule has 2 aromatic rings. The SMILES string of the molecule is Cc1ccc(-c2cccc(C(F)(F)F)c2)c(OC(=O)C(C)(C)C)c1. The monoisotopic (exact) mass is 336 g/mol. The zero-order valence-corrected chi connectivity index (χ0v) is 14.0. The number of esters is 1. The standard InChI is InChI=1S/C19H19F3O2/c1-12-8-9-15(16(10-12)24-17(23)18(2,3)4)13-6-5-7-14(11-13)19(20,21)22/h5-11H,1-4H3. The van der Waals surface area contributed by atoms with Gasteiger partial charge < -0.3 is 4.74 Å². The summed E-state index contributed by atoms with van der Waals surface area (Å²) in [7, 11) is 0. The summed E-state index contributed by atoms with van der Waals surface area (Å²) in [5, 5.41) is 0. The predicted octanol–water partition coefficient (Wildman–Crippen LogP) is 5.63. The van der Waals surface area contributed by atoms with Crippen molar-refractivity contribution in [3.63, 3.8) is 0 Å². The smallest absolute Gasteiger partial charge is 0.416 e. The van der Waals surface area contributed by atoms with Crippen LogP contribution in [-0.2, 0) is 11.0 Å². The van der Waals surface area contributed by atoms with E-state index in [2.05, 4.69) is 0 Å². The summed E-state index contributed by atoms with van der Waals surface area (Å²) in [6.07, 6.45) is -4.43. The molecule has 0 aliphatic heterocycles. The molecule has 0 saturated heterocycles. The molecule has 0 bridgehead atoms. The van der Waals surface area contributed by atoms with Gasteiger partial charge in [0.25, 0.3) is 0 Å². The Kier molecular flexibility index (Phi) is 4.74. The molecule has 24 heavy (non-hydrogen) atoms. The Morgan fingerprint density at radius 2 is 1.67 bits per heavy atom. The maximum absolute atomic E-state index is 12.9. The van der Waals surface area contributed by atoms with Gasteiger partial charge in [0.15, 0.2) is 0 Å². The van der Waals surface area contributed by atoms with Crippen LogP contribution < -0.4 is 4.74 Å².